The van der Waals surface area contributed by atoms with E-state index in [-0.39, 0.29) is 0 Å². The molecule has 60 atom stereocenters. The lowest BCUT2D eigenvalue weighted by Gasteiger charge is -2.37. The molecule has 12 unspecified atom stereocenters. The Bertz CT molecular complexity index is 2720. The van der Waals surface area contributed by atoms with Gasteiger partial charge in [0.05, 0.1) is 79.3 Å². The summed E-state index contributed by atoms with van der Waals surface area (Å²) >= 11 is 0. The molecular weight excluding hydrogens is 2020 g/mol. The van der Waals surface area contributed by atoms with Crippen molar-refractivity contribution in [2.45, 2.75) is 368 Å². The van der Waals surface area contributed by atoms with Crippen LogP contribution in [0.2, 0.25) is 0 Å². The van der Waals surface area contributed by atoms with Crippen LogP contribution >= 0.6 is 0 Å². The summed E-state index contributed by atoms with van der Waals surface area (Å²) in [5.74, 6) is 0. The standard InChI is InChI=1S/12C6H12O6/c6*7-1-2(8)5-3(9)4(10)6(11)12-5;6*7-1-2-3(8)4(9)5(10)6(11)12-2/h12*2-11H,1H2/t2-,3+,4-,5+,6+;2-,3+,4-,5+,6-;2-,3-,4+,5+,6+;2-,3-,4+,5+,6-;2-,3-,4-,5+,6+;2-,3-,4-,5+,6-;2?,3-,4+,5?,6+;2?,3-,4+,5?,6-;2*2?,3-,4-,5?,6+;2*2?,3-,4-,5?,6-/m000000111111/s1. The Hall–Kier alpha value is -2.88. The zero-order valence-corrected chi connectivity index (χ0v) is 74.9. The highest BCUT2D eigenvalue weighted by atomic mass is 16.7. The maximum absolute atomic E-state index is 9.12. The molecule has 12 aliphatic heterocycles. The van der Waals surface area contributed by atoms with Gasteiger partial charge in [-0.15, -0.1) is 0 Å². The van der Waals surface area contributed by atoms with Crippen molar-refractivity contribution < 1.29 is 363 Å². The van der Waals surface area contributed by atoms with E-state index in [2.05, 4.69) is 56.8 Å². The van der Waals surface area contributed by atoms with Crippen LogP contribution in [0.4, 0.5) is 0 Å². The third-order valence-corrected chi connectivity index (χ3v) is 22.3. The summed E-state index contributed by atoms with van der Waals surface area (Å²) in [6.45, 7) is -6.73. The van der Waals surface area contributed by atoms with E-state index in [0.29, 0.717) is 0 Å². The Labute approximate surface area is 809 Å². The van der Waals surface area contributed by atoms with Crippen molar-refractivity contribution in [3.8, 4) is 0 Å². The predicted molar refractivity (Wildman–Crippen MR) is 432 cm³/mol. The molecular formula is C72H144O72. The van der Waals surface area contributed by atoms with Gasteiger partial charge in [0.25, 0.3) is 0 Å². The van der Waals surface area contributed by atoms with E-state index < -0.39 is 448 Å². The molecule has 0 aromatic carbocycles. The van der Waals surface area contributed by atoms with Gasteiger partial charge in [-0.2, -0.15) is 0 Å². The van der Waals surface area contributed by atoms with Gasteiger partial charge < -0.3 is 363 Å². The number of ether oxygens (including phenoxy) is 12. The molecule has 12 heterocycles. The topological polar surface area (TPSA) is 1320 Å². The molecule has 864 valence electrons. The van der Waals surface area contributed by atoms with Crippen LogP contribution in [-0.2, 0) is 56.8 Å². The van der Waals surface area contributed by atoms with Crippen LogP contribution in [0.5, 0.6) is 0 Å². The normalized spacial score (nSPS) is 47.0. The van der Waals surface area contributed by atoms with Crippen molar-refractivity contribution >= 4 is 0 Å². The molecule has 0 aliphatic carbocycles. The van der Waals surface area contributed by atoms with Crippen molar-refractivity contribution in [1.29, 1.82) is 0 Å². The van der Waals surface area contributed by atoms with Gasteiger partial charge >= 0.3 is 0 Å². The second-order valence-electron chi connectivity index (χ2n) is 32.7. The number of hydrogen-bond donors (Lipinski definition) is 60. The summed E-state index contributed by atoms with van der Waals surface area (Å²) in [7, 11) is 0. The molecule has 0 bridgehead atoms. The third-order valence-electron chi connectivity index (χ3n) is 22.3. The fraction of sp³-hybridized carbons (Fsp3) is 1.00. The minimum Gasteiger partial charge on any atom is -0.394 e. The second kappa shape index (κ2) is 67.0. The molecule has 12 saturated heterocycles. The SMILES string of the molecule is OCC1O[C@@H](O)C(O)[C@@H](O)[C@@H]1O.OCC1O[C@@H](O)C(O)[C@H](O)[C@@H]1O.OCC1O[C@@H](O)C(O)[C@H](O)[C@@H]1O.OCC1O[C@H](O)C(O)[C@@H](O)[C@@H]1O.OCC1O[C@H](O)C(O)[C@H](O)[C@@H]1O.OCC1O[C@H](O)C(O)[C@H](O)[C@@H]1O.OC[C@H](O)[C@H]1O[C@@H](O)[C@@H](O)[C@@H]1O.OC[C@H](O)[C@H]1O[C@@H](O)[C@@H](O)[C@H]1O.OC[C@H](O)[C@H]1O[C@@H](O)[C@H](O)[C@@H]1O.OC[C@H](O)[C@H]1O[C@H](O)[C@@H](O)[C@@H]1O.OC[C@H](O)[C@H]1O[C@H](O)[C@@H](O)[C@H]1O.OC[C@H](O)[C@H]1O[C@H](O)[C@H](O)[C@@H]1O. The Balaban J connectivity index is 0.000000785. The van der Waals surface area contributed by atoms with Crippen molar-refractivity contribution in [2.24, 2.45) is 0 Å². The smallest absolute Gasteiger partial charge is 0.184 e. The molecule has 0 aromatic heterocycles. The van der Waals surface area contributed by atoms with E-state index >= 15 is 0 Å². The predicted octanol–water partition coefficient (Wildman–Crippen LogP) is -38.7. The van der Waals surface area contributed by atoms with Gasteiger partial charge in [-0.1, -0.05) is 0 Å². The maximum atomic E-state index is 9.12. The zero-order chi connectivity index (χ0) is 112. The minimum absolute atomic E-state index is 0.526. The van der Waals surface area contributed by atoms with E-state index in [1.165, 1.54) is 0 Å². The highest BCUT2D eigenvalue weighted by Gasteiger charge is 2.54. The average molecular weight is 2160 g/mol. The molecule has 72 heteroatoms. The zero-order valence-electron chi connectivity index (χ0n) is 74.9. The van der Waals surface area contributed by atoms with Gasteiger partial charge in [0.1, 0.15) is 293 Å². The van der Waals surface area contributed by atoms with Gasteiger partial charge in [0.15, 0.2) is 75.5 Å². The molecule has 12 aliphatic rings. The fourth-order valence-electron chi connectivity index (χ4n) is 13.1. The van der Waals surface area contributed by atoms with Crippen LogP contribution < -0.4 is 0 Å². The van der Waals surface area contributed by atoms with Gasteiger partial charge in [-0.3, -0.25) is 0 Å². The Morgan fingerprint density at radius 1 is 0.111 bits per heavy atom. The van der Waals surface area contributed by atoms with E-state index in [4.69, 9.17) is 306 Å². The van der Waals surface area contributed by atoms with Gasteiger partial charge in [0, 0.05) is 0 Å². The third kappa shape index (κ3) is 38.9. The lowest BCUT2D eigenvalue weighted by atomic mass is 10.00. The van der Waals surface area contributed by atoms with Crippen LogP contribution in [0.3, 0.4) is 0 Å². The minimum atomic E-state index is -1.57. The van der Waals surface area contributed by atoms with E-state index in [0.717, 1.165) is 0 Å². The molecule has 0 amide bonds. The number of aliphatic hydroxyl groups is 60. The van der Waals surface area contributed by atoms with Gasteiger partial charge in [-0.25, -0.2) is 0 Å². The Morgan fingerprint density at radius 2 is 0.194 bits per heavy atom. The van der Waals surface area contributed by atoms with E-state index in [1.807, 2.05) is 0 Å². The first kappa shape index (κ1) is 139. The van der Waals surface area contributed by atoms with Crippen LogP contribution in [0.1, 0.15) is 0 Å². The highest BCUT2D eigenvalue weighted by Crippen LogP contribution is 2.31. The molecule has 0 saturated carbocycles. The molecule has 72 nitrogen and oxygen atoms in total. The summed E-state index contributed by atoms with van der Waals surface area (Å²) in [6.07, 6.45) is -82.8. The fourth-order valence-corrected chi connectivity index (χ4v) is 13.1. The Morgan fingerprint density at radius 3 is 0.264 bits per heavy atom. The molecule has 60 N–H and O–H groups in total. The summed E-state index contributed by atoms with van der Waals surface area (Å²) in [6, 6.07) is 0. The number of hydrogen-bond acceptors (Lipinski definition) is 72. The van der Waals surface area contributed by atoms with Crippen LogP contribution in [-0.4, -0.2) is 754 Å². The molecule has 12 fully saturated rings. The largest absolute Gasteiger partial charge is 0.394 e. The first-order valence-electron chi connectivity index (χ1n) is 42.7. The highest BCUT2D eigenvalue weighted by molar-refractivity contribution is 4.98. The van der Waals surface area contributed by atoms with Crippen LogP contribution in [0.25, 0.3) is 0 Å². The first-order valence-corrected chi connectivity index (χ1v) is 42.7. The number of rotatable bonds is 18. The van der Waals surface area contributed by atoms with Crippen LogP contribution in [0, 0.1) is 0 Å². The lowest BCUT2D eigenvalue weighted by Crippen LogP contribution is -2.58. The summed E-state index contributed by atoms with van der Waals surface area (Å²) in [4.78, 5) is 0. The molecule has 0 radical (unpaired) electrons. The molecule has 144 heavy (non-hydrogen) atoms. The summed E-state index contributed by atoms with van der Waals surface area (Å²) in [5.41, 5.74) is 0. The van der Waals surface area contributed by atoms with E-state index in [9.17, 15) is 0 Å². The summed E-state index contributed by atoms with van der Waals surface area (Å²) < 4.78 is 55.0. The van der Waals surface area contributed by atoms with Crippen LogP contribution in [0.15, 0.2) is 0 Å². The average Bonchev–Trinajstić information content (AvgIpc) is 1.78. The molecule has 0 spiro atoms. The van der Waals surface area contributed by atoms with Crippen molar-refractivity contribution in [3.05, 3.63) is 0 Å². The van der Waals surface area contributed by atoms with E-state index in [1.54, 1.807) is 0 Å². The van der Waals surface area contributed by atoms with Crippen molar-refractivity contribution in [2.75, 3.05) is 79.3 Å². The quantitative estimate of drug-likeness (QED) is 0.0606. The summed E-state index contributed by atoms with van der Waals surface area (Å²) in [5, 5.41) is 535. The maximum Gasteiger partial charge on any atom is 0.184 e. The lowest BCUT2D eigenvalue weighted by molar-refractivity contribution is -0.286. The number of aliphatic hydroxyl groups excluding tert-OH is 60. The van der Waals surface area contributed by atoms with Crippen molar-refractivity contribution in [1.82, 2.24) is 0 Å². The van der Waals surface area contributed by atoms with Crippen molar-refractivity contribution in [3.63, 3.8) is 0 Å². The molecule has 0 aromatic rings. The second-order valence-corrected chi connectivity index (χ2v) is 32.7. The first-order chi connectivity index (χ1) is 66.9. The monoisotopic (exact) mass is 2160 g/mol. The van der Waals surface area contributed by atoms with Gasteiger partial charge in [-0.05, 0) is 0 Å². The van der Waals surface area contributed by atoms with Gasteiger partial charge in [0.2, 0.25) is 0 Å². The molecule has 12 rings (SSSR count). The Kier molecular flexibility index (Phi) is 64.8.